The Morgan fingerprint density at radius 3 is 1.39 bits per heavy atom. The molecule has 1 aliphatic carbocycles. The minimum absolute atomic E-state index is 0.000811. The Labute approximate surface area is 399 Å². The van der Waals surface area contributed by atoms with Crippen LogP contribution in [0.15, 0.2) is 0 Å². The topological polar surface area (TPSA) is 82.1 Å². The second-order valence-corrected chi connectivity index (χ2v) is 20.6. The molecular formula is C57H113N3O4. The zero-order valence-corrected chi connectivity index (χ0v) is 43.7. The third kappa shape index (κ3) is 37.9. The number of aliphatic hydroxyl groups is 1. The first-order valence-electron chi connectivity index (χ1n) is 29.0. The molecule has 1 saturated carbocycles. The number of hydrogen-bond donors (Lipinski definition) is 2. The van der Waals surface area contributed by atoms with Crippen molar-refractivity contribution in [3.05, 3.63) is 0 Å². The van der Waals surface area contributed by atoms with Gasteiger partial charge in [0, 0.05) is 45.1 Å². The summed E-state index contributed by atoms with van der Waals surface area (Å²) in [7, 11) is 0. The molecule has 0 aromatic heterocycles. The van der Waals surface area contributed by atoms with Crippen LogP contribution in [0.25, 0.3) is 0 Å². The van der Waals surface area contributed by atoms with E-state index in [2.05, 4.69) is 42.8 Å². The normalized spacial score (nSPS) is 13.4. The lowest BCUT2D eigenvalue weighted by molar-refractivity contribution is -0.145. The number of amides is 1. The number of rotatable bonds is 50. The van der Waals surface area contributed by atoms with Crippen molar-refractivity contribution in [2.75, 3.05) is 52.5 Å². The molecule has 0 aromatic carbocycles. The van der Waals surface area contributed by atoms with Crippen molar-refractivity contribution in [3.63, 3.8) is 0 Å². The Morgan fingerprint density at radius 2 is 0.922 bits per heavy atom. The fourth-order valence-electron chi connectivity index (χ4n) is 10.2. The quantitative estimate of drug-likeness (QED) is 0.0467. The molecule has 0 bridgehead atoms. The Bertz CT molecular complexity index is 896. The largest absolute Gasteiger partial charge is 0.465 e. The molecule has 2 N–H and O–H groups in total. The van der Waals surface area contributed by atoms with Crippen LogP contribution in [0.5, 0.6) is 0 Å². The fourth-order valence-corrected chi connectivity index (χ4v) is 10.2. The number of ether oxygens (including phenoxy) is 1. The number of nitrogens with zero attached hydrogens (tertiary/aromatic N) is 2. The lowest BCUT2D eigenvalue weighted by atomic mass is 9.94. The van der Waals surface area contributed by atoms with E-state index >= 15 is 0 Å². The maximum atomic E-state index is 13.0. The zero-order chi connectivity index (χ0) is 46.4. The SMILES string of the molecule is CCCCCCCCC(CCCCCCCC)CNC(=O)CCCCCN(CCCCCC(=O)OCC(CCCCCCCC)CCCCCCCC)CCN(CCO)C1CCCC1. The lowest BCUT2D eigenvalue weighted by Gasteiger charge is -2.31. The molecule has 0 radical (unpaired) electrons. The Hall–Kier alpha value is -1.18. The number of aliphatic hydroxyl groups excluding tert-OH is 1. The van der Waals surface area contributed by atoms with E-state index in [1.54, 1.807) is 0 Å². The summed E-state index contributed by atoms with van der Waals surface area (Å²) < 4.78 is 5.94. The van der Waals surface area contributed by atoms with Crippen molar-refractivity contribution in [2.45, 2.75) is 291 Å². The molecule has 0 atom stereocenters. The highest BCUT2D eigenvalue weighted by atomic mass is 16.5. The van der Waals surface area contributed by atoms with Gasteiger partial charge in [0.15, 0.2) is 0 Å². The molecule has 64 heavy (non-hydrogen) atoms. The highest BCUT2D eigenvalue weighted by Crippen LogP contribution is 2.24. The minimum Gasteiger partial charge on any atom is -0.465 e. The third-order valence-electron chi connectivity index (χ3n) is 14.6. The van der Waals surface area contributed by atoms with Gasteiger partial charge in [-0.05, 0) is 89.1 Å². The van der Waals surface area contributed by atoms with Gasteiger partial charge in [-0.3, -0.25) is 14.5 Å². The van der Waals surface area contributed by atoms with Crippen LogP contribution in [0.1, 0.15) is 285 Å². The first-order valence-corrected chi connectivity index (χ1v) is 29.0. The van der Waals surface area contributed by atoms with E-state index in [-0.39, 0.29) is 18.5 Å². The van der Waals surface area contributed by atoms with E-state index in [4.69, 9.17) is 4.74 Å². The second kappa shape index (κ2) is 46.9. The molecule has 0 heterocycles. The van der Waals surface area contributed by atoms with E-state index in [0.717, 1.165) is 77.8 Å². The molecule has 1 amide bonds. The van der Waals surface area contributed by atoms with Crippen LogP contribution in [0, 0.1) is 11.8 Å². The molecule has 1 aliphatic rings. The molecule has 7 nitrogen and oxygen atoms in total. The van der Waals surface area contributed by atoms with Gasteiger partial charge < -0.3 is 20.1 Å². The van der Waals surface area contributed by atoms with Gasteiger partial charge in [-0.25, -0.2) is 0 Å². The van der Waals surface area contributed by atoms with Crippen molar-refractivity contribution < 1.29 is 19.4 Å². The van der Waals surface area contributed by atoms with E-state index < -0.39 is 0 Å². The lowest BCUT2D eigenvalue weighted by Crippen LogP contribution is -2.42. The van der Waals surface area contributed by atoms with Crippen molar-refractivity contribution in [1.29, 1.82) is 0 Å². The van der Waals surface area contributed by atoms with Crippen molar-refractivity contribution in [1.82, 2.24) is 15.1 Å². The summed E-state index contributed by atoms with van der Waals surface area (Å²) in [6.45, 7) is 15.7. The maximum Gasteiger partial charge on any atom is 0.305 e. The van der Waals surface area contributed by atoms with Gasteiger partial charge in [0.25, 0.3) is 0 Å². The van der Waals surface area contributed by atoms with E-state index in [9.17, 15) is 14.7 Å². The maximum absolute atomic E-state index is 13.0. The first kappa shape index (κ1) is 60.8. The number of nitrogens with one attached hydrogen (secondary N) is 1. The first-order chi connectivity index (χ1) is 31.5. The zero-order valence-electron chi connectivity index (χ0n) is 43.7. The molecule has 380 valence electrons. The van der Waals surface area contributed by atoms with Gasteiger partial charge in [0.1, 0.15) is 0 Å². The molecular weight excluding hydrogens is 791 g/mol. The molecule has 1 rings (SSSR count). The molecule has 0 spiro atoms. The highest BCUT2D eigenvalue weighted by Gasteiger charge is 2.22. The van der Waals surface area contributed by atoms with E-state index in [1.807, 2.05) is 0 Å². The minimum atomic E-state index is -0.000811. The van der Waals surface area contributed by atoms with Crippen molar-refractivity contribution in [3.8, 4) is 0 Å². The van der Waals surface area contributed by atoms with Gasteiger partial charge in [0.05, 0.1) is 13.2 Å². The smallest absolute Gasteiger partial charge is 0.305 e. The van der Waals surface area contributed by atoms with Gasteiger partial charge in [0.2, 0.25) is 5.91 Å². The summed E-state index contributed by atoms with van der Waals surface area (Å²) in [5.74, 6) is 1.39. The summed E-state index contributed by atoms with van der Waals surface area (Å²) in [6, 6.07) is 0.617. The third-order valence-corrected chi connectivity index (χ3v) is 14.6. The Morgan fingerprint density at radius 1 is 0.500 bits per heavy atom. The van der Waals surface area contributed by atoms with Crippen LogP contribution in [0.2, 0.25) is 0 Å². The van der Waals surface area contributed by atoms with Crippen LogP contribution in [-0.2, 0) is 14.3 Å². The Balaban J connectivity index is 2.54. The van der Waals surface area contributed by atoms with E-state index in [1.165, 1.54) is 205 Å². The van der Waals surface area contributed by atoms with Crippen LogP contribution < -0.4 is 5.32 Å². The van der Waals surface area contributed by atoms with Gasteiger partial charge in [-0.2, -0.15) is 0 Å². The predicted octanol–water partition coefficient (Wildman–Crippen LogP) is 15.5. The summed E-state index contributed by atoms with van der Waals surface area (Å²) in [6.07, 6.45) is 49.3. The monoisotopic (exact) mass is 904 g/mol. The summed E-state index contributed by atoms with van der Waals surface area (Å²) >= 11 is 0. The Kier molecular flexibility index (Phi) is 44.6. The van der Waals surface area contributed by atoms with Gasteiger partial charge in [-0.1, -0.05) is 207 Å². The van der Waals surface area contributed by atoms with E-state index in [0.29, 0.717) is 37.3 Å². The van der Waals surface area contributed by atoms with Crippen molar-refractivity contribution >= 4 is 11.9 Å². The molecule has 7 heteroatoms. The van der Waals surface area contributed by atoms with Crippen LogP contribution in [-0.4, -0.2) is 85.3 Å². The molecule has 0 unspecified atom stereocenters. The predicted molar refractivity (Wildman–Crippen MR) is 277 cm³/mol. The standard InChI is InChI=1S/C57H113N3O4/c1-5-9-13-17-21-27-37-53(38-28-22-18-14-10-6-2)51-58-56(62)43-31-25-35-45-59(47-48-60(49-50-61)55-41-33-34-42-55)46-36-26-32-44-57(63)64-52-54(39-29-23-19-15-11-7-3)40-30-24-20-16-12-8-4/h53-55,61H,5-52H2,1-4H3,(H,58,62). The second-order valence-electron chi connectivity index (χ2n) is 20.6. The number of unbranched alkanes of at least 4 members (excludes halogenated alkanes) is 24. The molecule has 0 aliphatic heterocycles. The fraction of sp³-hybridized carbons (Fsp3) is 0.965. The highest BCUT2D eigenvalue weighted by molar-refractivity contribution is 5.75. The average Bonchev–Trinajstić information content (AvgIpc) is 3.84. The van der Waals surface area contributed by atoms with Gasteiger partial charge in [-0.15, -0.1) is 0 Å². The summed E-state index contributed by atoms with van der Waals surface area (Å²) in [5, 5.41) is 13.2. The molecule has 1 fully saturated rings. The molecule has 0 aromatic rings. The van der Waals surface area contributed by atoms with Crippen molar-refractivity contribution in [2.24, 2.45) is 11.8 Å². The number of carbonyl (C=O) groups excluding carboxylic acids is 2. The number of hydrogen-bond acceptors (Lipinski definition) is 6. The average molecular weight is 905 g/mol. The number of carbonyl (C=O) groups is 2. The van der Waals surface area contributed by atoms with Crippen LogP contribution in [0.3, 0.4) is 0 Å². The van der Waals surface area contributed by atoms with Crippen LogP contribution >= 0.6 is 0 Å². The number of esters is 1. The van der Waals surface area contributed by atoms with Gasteiger partial charge >= 0.3 is 5.97 Å². The molecule has 0 saturated heterocycles. The summed E-state index contributed by atoms with van der Waals surface area (Å²) in [4.78, 5) is 31.1. The summed E-state index contributed by atoms with van der Waals surface area (Å²) in [5.41, 5.74) is 0. The van der Waals surface area contributed by atoms with Crippen LogP contribution in [0.4, 0.5) is 0 Å².